The molecule has 1 heteroatoms. The lowest BCUT2D eigenvalue weighted by Gasteiger charge is -2.37. The molecular formula is C20H36O. The Bertz CT molecular complexity index is 280. The van der Waals surface area contributed by atoms with Crippen LogP contribution in [0.25, 0.3) is 0 Å². The molecule has 2 fully saturated rings. The van der Waals surface area contributed by atoms with E-state index in [0.717, 1.165) is 36.7 Å². The Kier molecular flexibility index (Phi) is 7.68. The molecule has 21 heavy (non-hydrogen) atoms. The summed E-state index contributed by atoms with van der Waals surface area (Å²) in [6.45, 7) is 5.44. The van der Waals surface area contributed by atoms with Crippen LogP contribution in [0.15, 0.2) is 12.3 Å². The van der Waals surface area contributed by atoms with Crippen molar-refractivity contribution in [1.82, 2.24) is 0 Å². The summed E-state index contributed by atoms with van der Waals surface area (Å²) in [6, 6.07) is 0. The van der Waals surface area contributed by atoms with E-state index in [1.165, 1.54) is 64.2 Å². The van der Waals surface area contributed by atoms with Crippen molar-refractivity contribution in [1.29, 1.82) is 0 Å². The topological polar surface area (TPSA) is 9.23 Å². The fraction of sp³-hybridized carbons (Fsp3) is 0.900. The van der Waals surface area contributed by atoms with Crippen LogP contribution in [-0.4, -0.2) is 6.61 Å². The second-order valence-corrected chi connectivity index (χ2v) is 7.46. The minimum absolute atomic E-state index is 0.819. The summed E-state index contributed by atoms with van der Waals surface area (Å²) >= 11 is 0. The highest BCUT2D eigenvalue weighted by atomic mass is 16.5. The highest BCUT2D eigenvalue weighted by Gasteiger charge is 2.30. The fourth-order valence-electron chi connectivity index (χ4n) is 4.54. The van der Waals surface area contributed by atoms with Gasteiger partial charge >= 0.3 is 0 Å². The first kappa shape index (κ1) is 16.9. The molecule has 122 valence electrons. The third kappa shape index (κ3) is 5.68. The Morgan fingerprint density at radius 3 is 1.90 bits per heavy atom. The summed E-state index contributed by atoms with van der Waals surface area (Å²) in [5.41, 5.74) is 0. The number of ether oxygens (including phenoxy) is 1. The summed E-state index contributed by atoms with van der Waals surface area (Å²) < 4.78 is 5.65. The predicted molar refractivity (Wildman–Crippen MR) is 91.2 cm³/mol. The number of hydrogen-bond acceptors (Lipinski definition) is 1. The Morgan fingerprint density at radius 2 is 1.38 bits per heavy atom. The predicted octanol–water partition coefficient (Wildman–Crippen LogP) is 6.34. The van der Waals surface area contributed by atoms with Gasteiger partial charge in [0.15, 0.2) is 0 Å². The first-order valence-corrected chi connectivity index (χ1v) is 9.60. The van der Waals surface area contributed by atoms with E-state index >= 15 is 0 Å². The molecule has 0 aliphatic heterocycles. The second-order valence-electron chi connectivity index (χ2n) is 7.46. The SMILES string of the molecule is CC/C=C/OCC1CCC(C2CCC(CCC)CC2)CC1. The van der Waals surface area contributed by atoms with E-state index in [2.05, 4.69) is 19.9 Å². The Balaban J connectivity index is 1.62. The Morgan fingerprint density at radius 1 is 0.810 bits per heavy atom. The van der Waals surface area contributed by atoms with Crippen LogP contribution >= 0.6 is 0 Å². The van der Waals surface area contributed by atoms with Crippen LogP contribution in [0.5, 0.6) is 0 Å². The van der Waals surface area contributed by atoms with Crippen LogP contribution in [0.2, 0.25) is 0 Å². The first-order valence-electron chi connectivity index (χ1n) is 9.60. The standard InChI is InChI=1S/C20H36O/c1-3-5-15-21-16-18-9-13-20(14-10-18)19-11-7-17(6-4-2)8-12-19/h5,15,17-20H,3-4,6-14,16H2,1-2H3/b15-5+. The summed E-state index contributed by atoms with van der Waals surface area (Å²) in [5, 5.41) is 0. The third-order valence-corrected chi connectivity index (χ3v) is 5.91. The molecule has 0 atom stereocenters. The van der Waals surface area contributed by atoms with Gasteiger partial charge in [-0.3, -0.25) is 0 Å². The van der Waals surface area contributed by atoms with Crippen molar-refractivity contribution >= 4 is 0 Å². The van der Waals surface area contributed by atoms with Gasteiger partial charge in [0.2, 0.25) is 0 Å². The molecule has 0 amide bonds. The van der Waals surface area contributed by atoms with Crippen molar-refractivity contribution in [3.63, 3.8) is 0 Å². The van der Waals surface area contributed by atoms with Crippen LogP contribution in [0.3, 0.4) is 0 Å². The quantitative estimate of drug-likeness (QED) is 0.497. The van der Waals surface area contributed by atoms with Gasteiger partial charge in [-0.25, -0.2) is 0 Å². The Hall–Kier alpha value is -0.460. The summed E-state index contributed by atoms with van der Waals surface area (Å²) in [5.74, 6) is 3.97. The minimum Gasteiger partial charge on any atom is -0.501 e. The smallest absolute Gasteiger partial charge is 0.0901 e. The van der Waals surface area contributed by atoms with E-state index < -0.39 is 0 Å². The van der Waals surface area contributed by atoms with Crippen LogP contribution in [0.1, 0.15) is 84.5 Å². The summed E-state index contributed by atoms with van der Waals surface area (Å²) in [6.07, 6.45) is 19.8. The lowest BCUT2D eigenvalue weighted by Crippen LogP contribution is -2.26. The van der Waals surface area contributed by atoms with Crippen molar-refractivity contribution in [3.05, 3.63) is 12.3 Å². The van der Waals surface area contributed by atoms with Gasteiger partial charge in [-0.05, 0) is 68.6 Å². The van der Waals surface area contributed by atoms with E-state index in [-0.39, 0.29) is 0 Å². The molecule has 2 aliphatic carbocycles. The van der Waals surface area contributed by atoms with Gasteiger partial charge < -0.3 is 4.74 Å². The molecule has 0 N–H and O–H groups in total. The molecule has 0 saturated heterocycles. The van der Waals surface area contributed by atoms with Gasteiger partial charge in [0, 0.05) is 0 Å². The molecule has 2 rings (SSSR count). The lowest BCUT2D eigenvalue weighted by molar-refractivity contribution is 0.108. The maximum absolute atomic E-state index is 5.65. The highest BCUT2D eigenvalue weighted by molar-refractivity contribution is 4.82. The maximum Gasteiger partial charge on any atom is 0.0901 e. The zero-order chi connectivity index (χ0) is 14.9. The van der Waals surface area contributed by atoms with Crippen LogP contribution in [-0.2, 0) is 4.74 Å². The van der Waals surface area contributed by atoms with Crippen molar-refractivity contribution in [2.45, 2.75) is 84.5 Å². The molecule has 2 aliphatic rings. The zero-order valence-corrected chi connectivity index (χ0v) is 14.4. The van der Waals surface area contributed by atoms with Crippen molar-refractivity contribution < 1.29 is 4.74 Å². The second kappa shape index (κ2) is 9.54. The van der Waals surface area contributed by atoms with Crippen molar-refractivity contribution in [2.24, 2.45) is 23.7 Å². The normalized spacial score (nSPS) is 34.2. The molecule has 0 aromatic carbocycles. The number of hydrogen-bond donors (Lipinski definition) is 0. The number of allylic oxidation sites excluding steroid dienone is 1. The molecule has 0 spiro atoms. The molecule has 0 unspecified atom stereocenters. The molecule has 0 bridgehead atoms. The van der Waals surface area contributed by atoms with Gasteiger partial charge in [0.05, 0.1) is 12.9 Å². The van der Waals surface area contributed by atoms with E-state index in [1.54, 1.807) is 0 Å². The molecule has 0 heterocycles. The van der Waals surface area contributed by atoms with E-state index in [4.69, 9.17) is 4.74 Å². The van der Waals surface area contributed by atoms with Gasteiger partial charge in [0.1, 0.15) is 0 Å². The van der Waals surface area contributed by atoms with Crippen molar-refractivity contribution in [2.75, 3.05) is 6.61 Å². The maximum atomic E-state index is 5.65. The Labute approximate surface area is 132 Å². The minimum atomic E-state index is 0.819. The average Bonchev–Trinajstić information content (AvgIpc) is 2.53. The highest BCUT2D eigenvalue weighted by Crippen LogP contribution is 2.42. The molecule has 2 saturated carbocycles. The molecule has 0 aromatic rings. The van der Waals surface area contributed by atoms with E-state index in [9.17, 15) is 0 Å². The van der Waals surface area contributed by atoms with E-state index in [0.29, 0.717) is 0 Å². The molecule has 0 radical (unpaired) electrons. The van der Waals surface area contributed by atoms with Crippen LogP contribution in [0.4, 0.5) is 0 Å². The van der Waals surface area contributed by atoms with E-state index in [1.807, 2.05) is 6.26 Å². The van der Waals surface area contributed by atoms with Gasteiger partial charge in [-0.1, -0.05) is 45.6 Å². The molecule has 0 aromatic heterocycles. The van der Waals surface area contributed by atoms with Crippen LogP contribution < -0.4 is 0 Å². The van der Waals surface area contributed by atoms with Gasteiger partial charge in [-0.2, -0.15) is 0 Å². The van der Waals surface area contributed by atoms with Gasteiger partial charge in [0.25, 0.3) is 0 Å². The third-order valence-electron chi connectivity index (χ3n) is 5.91. The zero-order valence-electron chi connectivity index (χ0n) is 14.4. The fourth-order valence-corrected chi connectivity index (χ4v) is 4.54. The lowest BCUT2D eigenvalue weighted by atomic mass is 9.69. The van der Waals surface area contributed by atoms with Crippen LogP contribution in [0, 0.1) is 23.7 Å². The summed E-state index contributed by atoms with van der Waals surface area (Å²) in [7, 11) is 0. The average molecular weight is 293 g/mol. The van der Waals surface area contributed by atoms with Gasteiger partial charge in [-0.15, -0.1) is 0 Å². The monoisotopic (exact) mass is 292 g/mol. The first-order chi connectivity index (χ1) is 10.3. The molecule has 1 nitrogen and oxygen atoms in total. The largest absolute Gasteiger partial charge is 0.501 e. The summed E-state index contributed by atoms with van der Waals surface area (Å²) in [4.78, 5) is 0. The molecular weight excluding hydrogens is 256 g/mol. The van der Waals surface area contributed by atoms with Crippen molar-refractivity contribution in [3.8, 4) is 0 Å². The number of rotatable bonds is 7.